The summed E-state index contributed by atoms with van der Waals surface area (Å²) >= 11 is 11.1. The van der Waals surface area contributed by atoms with E-state index in [0.29, 0.717) is 10.6 Å². The molecule has 1 rings (SSSR count). The number of benzene rings is 1. The molecule has 2 nitrogen and oxygen atoms in total. The maximum Gasteiger partial charge on any atom is 0.237 e. The van der Waals surface area contributed by atoms with E-state index in [1.165, 1.54) is 23.1 Å². The summed E-state index contributed by atoms with van der Waals surface area (Å²) in [6.07, 6.45) is 0. The molecule has 0 aromatic heterocycles. The van der Waals surface area contributed by atoms with Gasteiger partial charge in [-0.2, -0.15) is 0 Å². The van der Waals surface area contributed by atoms with Gasteiger partial charge in [-0.3, -0.25) is 4.79 Å². The predicted octanol–water partition coefficient (Wildman–Crippen LogP) is 2.68. The van der Waals surface area contributed by atoms with Gasteiger partial charge in [0.25, 0.3) is 0 Å². The Labute approximate surface area is 97.6 Å². The maximum atomic E-state index is 13.3. The van der Waals surface area contributed by atoms with Crippen molar-refractivity contribution in [2.75, 3.05) is 12.9 Å². The predicted molar refractivity (Wildman–Crippen MR) is 58.6 cm³/mol. The molecule has 0 aliphatic heterocycles. The Hall–Kier alpha value is -0.800. The first-order chi connectivity index (χ1) is 7.04. The Morgan fingerprint density at radius 1 is 1.53 bits per heavy atom. The molecule has 0 aliphatic rings. The smallest absolute Gasteiger partial charge is 0.237 e. The summed E-state index contributed by atoms with van der Waals surface area (Å²) in [7, 11) is 1.56. The molecule has 0 fully saturated rings. The first kappa shape index (κ1) is 12.3. The van der Waals surface area contributed by atoms with Crippen molar-refractivity contribution >= 4 is 29.1 Å². The summed E-state index contributed by atoms with van der Waals surface area (Å²) < 4.78 is 13.3. The van der Waals surface area contributed by atoms with Crippen LogP contribution < -0.4 is 0 Å². The summed E-state index contributed by atoms with van der Waals surface area (Å²) in [4.78, 5) is 12.5. The third kappa shape index (κ3) is 3.36. The fraction of sp³-hybridized carbons (Fsp3) is 0.300. The van der Waals surface area contributed by atoms with E-state index < -0.39 is 0 Å². The van der Waals surface area contributed by atoms with E-state index in [-0.39, 0.29) is 24.1 Å². The van der Waals surface area contributed by atoms with Crippen LogP contribution in [0.2, 0.25) is 5.02 Å². The molecular formula is C10H10Cl2FNO. The Balaban J connectivity index is 2.80. The van der Waals surface area contributed by atoms with Gasteiger partial charge in [0.05, 0.1) is 0 Å². The highest BCUT2D eigenvalue weighted by Crippen LogP contribution is 2.16. The number of hydrogen-bond acceptors (Lipinski definition) is 1. The molecule has 15 heavy (non-hydrogen) atoms. The molecule has 0 saturated heterocycles. The van der Waals surface area contributed by atoms with Crippen molar-refractivity contribution in [1.82, 2.24) is 4.90 Å². The van der Waals surface area contributed by atoms with Gasteiger partial charge >= 0.3 is 0 Å². The third-order valence-electron chi connectivity index (χ3n) is 1.96. The molecule has 0 N–H and O–H groups in total. The maximum absolute atomic E-state index is 13.3. The number of carbonyl (C=O) groups excluding carboxylic acids is 1. The van der Waals surface area contributed by atoms with Crippen LogP contribution in [0.1, 0.15) is 5.56 Å². The molecule has 1 aromatic carbocycles. The number of amides is 1. The molecule has 1 amide bonds. The zero-order valence-electron chi connectivity index (χ0n) is 8.14. The number of halogens is 3. The first-order valence-electron chi connectivity index (χ1n) is 4.28. The van der Waals surface area contributed by atoms with Gasteiger partial charge in [0.15, 0.2) is 0 Å². The number of hydrogen-bond donors (Lipinski definition) is 0. The number of nitrogens with zero attached hydrogens (tertiary/aromatic N) is 1. The lowest BCUT2D eigenvalue weighted by atomic mass is 10.2. The van der Waals surface area contributed by atoms with E-state index in [1.807, 2.05) is 0 Å². The Kier molecular flexibility index (Phi) is 4.36. The Morgan fingerprint density at radius 2 is 2.20 bits per heavy atom. The number of rotatable bonds is 3. The Bertz CT molecular complexity index is 370. The van der Waals surface area contributed by atoms with E-state index in [2.05, 4.69) is 0 Å². The third-order valence-corrected chi connectivity index (χ3v) is 2.42. The van der Waals surface area contributed by atoms with Crippen molar-refractivity contribution in [2.45, 2.75) is 6.54 Å². The van der Waals surface area contributed by atoms with Gasteiger partial charge in [0.2, 0.25) is 5.91 Å². The van der Waals surface area contributed by atoms with Crippen LogP contribution in [-0.4, -0.2) is 23.7 Å². The first-order valence-corrected chi connectivity index (χ1v) is 5.19. The lowest BCUT2D eigenvalue weighted by Crippen LogP contribution is -2.27. The second kappa shape index (κ2) is 5.33. The molecule has 5 heteroatoms. The molecule has 0 aliphatic carbocycles. The minimum atomic E-state index is -0.381. The highest BCUT2D eigenvalue weighted by atomic mass is 35.5. The molecule has 0 saturated carbocycles. The van der Waals surface area contributed by atoms with Crippen molar-refractivity contribution in [2.24, 2.45) is 0 Å². The molecule has 82 valence electrons. The summed E-state index contributed by atoms with van der Waals surface area (Å²) in [5.74, 6) is -0.747. The monoisotopic (exact) mass is 249 g/mol. The van der Waals surface area contributed by atoms with E-state index in [4.69, 9.17) is 23.2 Å². The van der Waals surface area contributed by atoms with Crippen LogP contribution in [0.3, 0.4) is 0 Å². The van der Waals surface area contributed by atoms with E-state index >= 15 is 0 Å². The van der Waals surface area contributed by atoms with Crippen molar-refractivity contribution in [3.05, 3.63) is 34.6 Å². The van der Waals surface area contributed by atoms with Crippen LogP contribution in [0.15, 0.2) is 18.2 Å². The lowest BCUT2D eigenvalue weighted by Gasteiger charge is -2.16. The van der Waals surface area contributed by atoms with Gasteiger partial charge in [-0.05, 0) is 18.2 Å². The molecule has 0 atom stereocenters. The summed E-state index contributed by atoms with van der Waals surface area (Å²) in [5, 5.41) is 0.443. The van der Waals surface area contributed by atoms with Gasteiger partial charge in [0.1, 0.15) is 11.7 Å². The standard InChI is InChI=1S/C10H10Cl2FNO/c1-14(10(15)5-11)6-7-4-8(12)2-3-9(7)13/h2-4H,5-6H2,1H3. The molecule has 0 heterocycles. The summed E-state index contributed by atoms with van der Waals surface area (Å²) in [5.41, 5.74) is 0.378. The molecule has 0 bridgehead atoms. The van der Waals surface area contributed by atoms with Crippen molar-refractivity contribution < 1.29 is 9.18 Å². The average Bonchev–Trinajstić information content (AvgIpc) is 2.22. The van der Waals surface area contributed by atoms with Gasteiger partial charge < -0.3 is 4.90 Å². The van der Waals surface area contributed by atoms with Gasteiger partial charge in [-0.15, -0.1) is 11.6 Å². The minimum absolute atomic E-state index is 0.112. The second-order valence-electron chi connectivity index (χ2n) is 3.12. The molecule has 0 spiro atoms. The molecule has 0 radical (unpaired) electrons. The fourth-order valence-electron chi connectivity index (χ4n) is 1.11. The normalized spacial score (nSPS) is 10.1. The molecule has 0 unspecified atom stereocenters. The van der Waals surface area contributed by atoms with Crippen LogP contribution in [0.5, 0.6) is 0 Å². The molecular weight excluding hydrogens is 240 g/mol. The lowest BCUT2D eigenvalue weighted by molar-refractivity contribution is -0.127. The largest absolute Gasteiger partial charge is 0.340 e. The van der Waals surface area contributed by atoms with Crippen LogP contribution in [-0.2, 0) is 11.3 Å². The van der Waals surface area contributed by atoms with Crippen LogP contribution >= 0.6 is 23.2 Å². The van der Waals surface area contributed by atoms with Gasteiger partial charge in [-0.1, -0.05) is 11.6 Å². The average molecular weight is 250 g/mol. The molecule has 1 aromatic rings. The number of carbonyl (C=O) groups is 1. The van der Waals surface area contributed by atoms with Crippen LogP contribution in [0.25, 0.3) is 0 Å². The summed E-state index contributed by atoms with van der Waals surface area (Å²) in [6, 6.07) is 4.23. The van der Waals surface area contributed by atoms with E-state index in [0.717, 1.165) is 0 Å². The minimum Gasteiger partial charge on any atom is -0.340 e. The highest BCUT2D eigenvalue weighted by Gasteiger charge is 2.10. The fourth-order valence-corrected chi connectivity index (χ4v) is 1.51. The quantitative estimate of drug-likeness (QED) is 0.755. The van der Waals surface area contributed by atoms with Crippen molar-refractivity contribution in [3.8, 4) is 0 Å². The van der Waals surface area contributed by atoms with E-state index in [9.17, 15) is 9.18 Å². The zero-order valence-corrected chi connectivity index (χ0v) is 9.65. The van der Waals surface area contributed by atoms with Crippen LogP contribution in [0.4, 0.5) is 4.39 Å². The van der Waals surface area contributed by atoms with Gasteiger partial charge in [0, 0.05) is 24.2 Å². The zero-order chi connectivity index (χ0) is 11.4. The van der Waals surface area contributed by atoms with Gasteiger partial charge in [-0.25, -0.2) is 4.39 Å². The van der Waals surface area contributed by atoms with Crippen molar-refractivity contribution in [3.63, 3.8) is 0 Å². The topological polar surface area (TPSA) is 20.3 Å². The highest BCUT2D eigenvalue weighted by molar-refractivity contribution is 6.30. The second-order valence-corrected chi connectivity index (χ2v) is 3.82. The van der Waals surface area contributed by atoms with Crippen molar-refractivity contribution in [1.29, 1.82) is 0 Å². The van der Waals surface area contributed by atoms with E-state index in [1.54, 1.807) is 7.05 Å². The Morgan fingerprint density at radius 3 is 2.80 bits per heavy atom. The SMILES string of the molecule is CN(Cc1cc(Cl)ccc1F)C(=O)CCl. The summed E-state index contributed by atoms with van der Waals surface area (Å²) in [6.45, 7) is 0.165. The number of alkyl halides is 1. The van der Waals surface area contributed by atoms with Crippen LogP contribution in [0, 0.1) is 5.82 Å².